The van der Waals surface area contributed by atoms with Crippen molar-refractivity contribution < 1.29 is 0 Å². The van der Waals surface area contributed by atoms with Crippen LogP contribution in [0.5, 0.6) is 0 Å². The van der Waals surface area contributed by atoms with Crippen LogP contribution in [0.3, 0.4) is 0 Å². The van der Waals surface area contributed by atoms with Gasteiger partial charge in [0.05, 0.1) is 22.6 Å². The quantitative estimate of drug-likeness (QED) is 0.785. The molecule has 1 aliphatic heterocycles. The summed E-state index contributed by atoms with van der Waals surface area (Å²) in [6.07, 6.45) is 5.89. The minimum atomic E-state index is 0.428. The van der Waals surface area contributed by atoms with Gasteiger partial charge >= 0.3 is 0 Å². The van der Waals surface area contributed by atoms with E-state index in [0.29, 0.717) is 10.9 Å². The third-order valence-corrected chi connectivity index (χ3v) is 4.53. The highest BCUT2D eigenvalue weighted by Gasteiger charge is 2.19. The minimum absolute atomic E-state index is 0.428. The molecule has 0 aromatic carbocycles. The molecule has 4 rings (SSSR count). The molecule has 1 fully saturated rings. The second-order valence-corrected chi connectivity index (χ2v) is 6.43. The van der Waals surface area contributed by atoms with Crippen LogP contribution in [0.15, 0.2) is 30.6 Å². The Balaban J connectivity index is 1.81. The fourth-order valence-corrected chi connectivity index (χ4v) is 3.29. The Kier molecular flexibility index (Phi) is 3.75. The molecule has 0 radical (unpaired) electrons. The molecule has 0 atom stereocenters. The predicted octanol–water partition coefficient (Wildman–Crippen LogP) is 3.22. The molecule has 0 saturated carbocycles. The summed E-state index contributed by atoms with van der Waals surface area (Å²) in [5, 5.41) is 4.07. The fraction of sp³-hybridized carbons (Fsp3) is 0.353. The Morgan fingerprint density at radius 1 is 1.22 bits per heavy atom. The summed E-state index contributed by atoms with van der Waals surface area (Å²) in [5.74, 6) is 1.37. The van der Waals surface area contributed by atoms with Gasteiger partial charge in [-0.2, -0.15) is 0 Å². The van der Waals surface area contributed by atoms with Crippen molar-refractivity contribution in [2.24, 2.45) is 0 Å². The minimum Gasteiger partial charge on any atom is -0.317 e. The number of fused-ring (bicyclic) bond motifs is 1. The van der Waals surface area contributed by atoms with Gasteiger partial charge in [-0.05, 0) is 51.1 Å². The number of halogens is 1. The number of pyridine rings is 1. The summed E-state index contributed by atoms with van der Waals surface area (Å²) in [4.78, 5) is 13.9. The Morgan fingerprint density at radius 2 is 2.04 bits per heavy atom. The zero-order valence-electron chi connectivity index (χ0n) is 13.0. The molecule has 6 heteroatoms. The third kappa shape index (κ3) is 2.82. The van der Waals surface area contributed by atoms with E-state index < -0.39 is 0 Å². The summed E-state index contributed by atoms with van der Waals surface area (Å²) >= 11 is 6.13. The lowest BCUT2D eigenvalue weighted by atomic mass is 9.97. The van der Waals surface area contributed by atoms with E-state index in [1.807, 2.05) is 41.9 Å². The van der Waals surface area contributed by atoms with Crippen molar-refractivity contribution in [3.63, 3.8) is 0 Å². The molecular weight excluding hydrogens is 310 g/mol. The Hall–Kier alpha value is -1.98. The monoisotopic (exact) mass is 327 g/mol. The number of hydrogen-bond donors (Lipinski definition) is 1. The first kappa shape index (κ1) is 14.6. The van der Waals surface area contributed by atoms with Gasteiger partial charge in [-0.1, -0.05) is 11.6 Å². The van der Waals surface area contributed by atoms with Gasteiger partial charge in [-0.25, -0.2) is 15.0 Å². The van der Waals surface area contributed by atoms with E-state index in [4.69, 9.17) is 16.6 Å². The number of piperidine rings is 1. The molecule has 1 saturated heterocycles. The molecule has 0 aliphatic carbocycles. The highest BCUT2D eigenvalue weighted by atomic mass is 35.5. The molecular formula is C17H18ClN5. The van der Waals surface area contributed by atoms with E-state index in [9.17, 15) is 0 Å². The third-order valence-electron chi connectivity index (χ3n) is 4.31. The van der Waals surface area contributed by atoms with E-state index >= 15 is 0 Å². The van der Waals surface area contributed by atoms with Crippen molar-refractivity contribution in [1.29, 1.82) is 0 Å². The van der Waals surface area contributed by atoms with Crippen LogP contribution in [0, 0.1) is 6.92 Å². The van der Waals surface area contributed by atoms with E-state index in [1.54, 1.807) is 0 Å². The lowest BCUT2D eigenvalue weighted by Crippen LogP contribution is -2.27. The maximum Gasteiger partial charge on any atom is 0.137 e. The van der Waals surface area contributed by atoms with Crippen LogP contribution in [-0.2, 0) is 0 Å². The zero-order valence-corrected chi connectivity index (χ0v) is 13.7. The largest absolute Gasteiger partial charge is 0.317 e. The highest BCUT2D eigenvalue weighted by Crippen LogP contribution is 2.26. The van der Waals surface area contributed by atoms with Gasteiger partial charge in [0.15, 0.2) is 0 Å². The topological polar surface area (TPSA) is 55.1 Å². The second-order valence-electron chi connectivity index (χ2n) is 6.00. The molecule has 1 N–H and O–H groups in total. The lowest BCUT2D eigenvalue weighted by Gasteiger charge is -2.21. The van der Waals surface area contributed by atoms with E-state index in [0.717, 1.165) is 54.5 Å². The van der Waals surface area contributed by atoms with Crippen LogP contribution >= 0.6 is 11.6 Å². The average molecular weight is 328 g/mol. The van der Waals surface area contributed by atoms with E-state index in [2.05, 4.69) is 15.3 Å². The van der Waals surface area contributed by atoms with Crippen LogP contribution in [0.4, 0.5) is 0 Å². The molecule has 118 valence electrons. The number of nitrogens with zero attached hydrogens (tertiary/aromatic N) is 4. The van der Waals surface area contributed by atoms with Crippen molar-refractivity contribution in [1.82, 2.24) is 24.7 Å². The fourth-order valence-electron chi connectivity index (χ4n) is 3.13. The first-order chi connectivity index (χ1) is 11.2. The Morgan fingerprint density at radius 3 is 2.87 bits per heavy atom. The number of nitrogens with one attached hydrogen (secondary N) is 1. The number of rotatable bonds is 2. The first-order valence-corrected chi connectivity index (χ1v) is 8.28. The summed E-state index contributed by atoms with van der Waals surface area (Å²) < 4.78 is 1.98. The Bertz CT molecular complexity index is 851. The first-order valence-electron chi connectivity index (χ1n) is 7.90. The molecule has 3 aromatic heterocycles. The van der Waals surface area contributed by atoms with Gasteiger partial charge in [-0.15, -0.1) is 0 Å². The summed E-state index contributed by atoms with van der Waals surface area (Å²) in [6.45, 7) is 4.08. The van der Waals surface area contributed by atoms with Crippen molar-refractivity contribution >= 4 is 17.2 Å². The predicted molar refractivity (Wildman–Crippen MR) is 90.8 cm³/mol. The van der Waals surface area contributed by atoms with Gasteiger partial charge in [0.25, 0.3) is 0 Å². The van der Waals surface area contributed by atoms with E-state index in [1.165, 1.54) is 0 Å². The molecule has 0 bridgehead atoms. The van der Waals surface area contributed by atoms with Gasteiger partial charge in [0.2, 0.25) is 0 Å². The van der Waals surface area contributed by atoms with Gasteiger partial charge < -0.3 is 5.32 Å². The van der Waals surface area contributed by atoms with E-state index in [-0.39, 0.29) is 0 Å². The average Bonchev–Trinajstić information content (AvgIpc) is 2.98. The second kappa shape index (κ2) is 5.91. The maximum atomic E-state index is 6.13. The Labute approximate surface area is 139 Å². The maximum absolute atomic E-state index is 6.13. The van der Waals surface area contributed by atoms with Crippen LogP contribution in [-0.4, -0.2) is 32.4 Å². The summed E-state index contributed by atoms with van der Waals surface area (Å²) in [7, 11) is 0. The normalized spacial score (nSPS) is 16.1. The van der Waals surface area contributed by atoms with Gasteiger partial charge in [0, 0.05) is 17.8 Å². The number of aryl methyl sites for hydroxylation is 1. The molecule has 0 spiro atoms. The molecule has 0 unspecified atom stereocenters. The summed E-state index contributed by atoms with van der Waals surface area (Å²) in [5.41, 5.74) is 3.70. The van der Waals surface area contributed by atoms with Crippen molar-refractivity contribution in [2.45, 2.75) is 25.7 Å². The van der Waals surface area contributed by atoms with Crippen molar-refractivity contribution in [3.05, 3.63) is 47.1 Å². The van der Waals surface area contributed by atoms with Crippen LogP contribution in [0.2, 0.25) is 5.02 Å². The smallest absolute Gasteiger partial charge is 0.137 e. The number of imidazole rings is 1. The molecule has 5 nitrogen and oxygen atoms in total. The van der Waals surface area contributed by atoms with Crippen LogP contribution in [0.1, 0.15) is 30.3 Å². The lowest BCUT2D eigenvalue weighted by molar-refractivity contribution is 0.444. The van der Waals surface area contributed by atoms with Crippen LogP contribution < -0.4 is 5.32 Å². The van der Waals surface area contributed by atoms with Gasteiger partial charge in [-0.3, -0.25) is 4.40 Å². The highest BCUT2D eigenvalue weighted by molar-refractivity contribution is 6.30. The SMILES string of the molecule is Cc1cc(-c2cnc3ccc(Cl)cn23)nc(C2CCNCC2)n1. The van der Waals surface area contributed by atoms with Crippen molar-refractivity contribution in [2.75, 3.05) is 13.1 Å². The van der Waals surface area contributed by atoms with Gasteiger partial charge in [0.1, 0.15) is 11.5 Å². The zero-order chi connectivity index (χ0) is 15.8. The van der Waals surface area contributed by atoms with Crippen LogP contribution in [0.25, 0.3) is 17.0 Å². The molecule has 4 heterocycles. The number of aromatic nitrogens is 4. The summed E-state index contributed by atoms with van der Waals surface area (Å²) in [6, 6.07) is 5.77. The molecule has 23 heavy (non-hydrogen) atoms. The molecule has 3 aromatic rings. The molecule has 1 aliphatic rings. The molecule has 0 amide bonds. The van der Waals surface area contributed by atoms with Crippen molar-refractivity contribution in [3.8, 4) is 11.4 Å². The standard InChI is InChI=1S/C17H18ClN5/c1-11-8-14(22-17(21-11)12-4-6-19-7-5-12)15-9-20-16-3-2-13(18)10-23(15)16/h2-3,8-10,12,19H,4-7H2,1H3. The number of hydrogen-bond acceptors (Lipinski definition) is 4.